The molecular formula is C18H22O6. The van der Waals surface area contributed by atoms with E-state index in [-0.39, 0.29) is 0 Å². The Morgan fingerprint density at radius 3 is 1.96 bits per heavy atom. The predicted octanol–water partition coefficient (Wildman–Crippen LogP) is 3.27. The van der Waals surface area contributed by atoms with Gasteiger partial charge in [0.25, 0.3) is 0 Å². The third-order valence-corrected chi connectivity index (χ3v) is 3.55. The summed E-state index contributed by atoms with van der Waals surface area (Å²) in [6.45, 7) is 6.31. The van der Waals surface area contributed by atoms with Gasteiger partial charge in [-0.2, -0.15) is 0 Å². The third-order valence-electron chi connectivity index (χ3n) is 3.55. The van der Waals surface area contributed by atoms with Crippen molar-refractivity contribution in [1.82, 2.24) is 0 Å². The minimum Gasteiger partial charge on any atom is -0.450 e. The van der Waals surface area contributed by atoms with Crippen molar-refractivity contribution in [1.29, 1.82) is 0 Å². The molecule has 6 heteroatoms. The lowest BCUT2D eigenvalue weighted by molar-refractivity contribution is -0.345. The molecule has 0 heterocycles. The zero-order valence-corrected chi connectivity index (χ0v) is 13.6. The van der Waals surface area contributed by atoms with Crippen LogP contribution in [0, 0.1) is 0 Å². The van der Waals surface area contributed by atoms with Crippen molar-refractivity contribution in [3.63, 3.8) is 0 Å². The SMILES string of the molecule is C=CC(=O)OCC(OC(=O)C=C)(OC1=CCCC1)OC1=CCCC1. The van der Waals surface area contributed by atoms with Crippen LogP contribution in [0.25, 0.3) is 0 Å². The first kappa shape index (κ1) is 17.8. The molecule has 0 radical (unpaired) electrons. The summed E-state index contributed by atoms with van der Waals surface area (Å²) in [4.78, 5) is 23.2. The van der Waals surface area contributed by atoms with E-state index in [0.29, 0.717) is 24.4 Å². The molecule has 0 N–H and O–H groups in total. The maximum atomic E-state index is 11.8. The van der Waals surface area contributed by atoms with Gasteiger partial charge >= 0.3 is 17.9 Å². The van der Waals surface area contributed by atoms with E-state index in [4.69, 9.17) is 18.9 Å². The second-order valence-corrected chi connectivity index (χ2v) is 5.45. The maximum absolute atomic E-state index is 11.8. The highest BCUT2D eigenvalue weighted by Crippen LogP contribution is 2.32. The molecule has 0 saturated carbocycles. The monoisotopic (exact) mass is 334 g/mol. The molecule has 0 aromatic heterocycles. The summed E-state index contributed by atoms with van der Waals surface area (Å²) in [5, 5.41) is 0. The summed E-state index contributed by atoms with van der Waals surface area (Å²) in [6.07, 6.45) is 10.8. The number of rotatable bonds is 9. The summed E-state index contributed by atoms with van der Waals surface area (Å²) in [5.74, 6) is -1.99. The van der Waals surface area contributed by atoms with Crippen molar-refractivity contribution in [2.45, 2.75) is 44.5 Å². The van der Waals surface area contributed by atoms with Gasteiger partial charge in [0, 0.05) is 25.0 Å². The van der Waals surface area contributed by atoms with Crippen molar-refractivity contribution in [3.05, 3.63) is 49.0 Å². The Balaban J connectivity index is 2.23. The molecule has 0 saturated heterocycles. The number of ether oxygens (including phenoxy) is 4. The fourth-order valence-corrected chi connectivity index (χ4v) is 2.43. The number of hydrogen-bond acceptors (Lipinski definition) is 6. The van der Waals surface area contributed by atoms with E-state index in [1.807, 2.05) is 12.2 Å². The average Bonchev–Trinajstić information content (AvgIpc) is 3.26. The minimum atomic E-state index is -1.86. The molecule has 0 spiro atoms. The van der Waals surface area contributed by atoms with Crippen LogP contribution < -0.4 is 0 Å². The van der Waals surface area contributed by atoms with Crippen LogP contribution in [-0.2, 0) is 28.5 Å². The quantitative estimate of drug-likeness (QED) is 0.366. The van der Waals surface area contributed by atoms with Gasteiger partial charge in [-0.05, 0) is 37.8 Å². The normalized spacial score (nSPS) is 16.7. The first-order chi connectivity index (χ1) is 11.6. The van der Waals surface area contributed by atoms with Gasteiger partial charge in [-0.15, -0.1) is 0 Å². The van der Waals surface area contributed by atoms with E-state index in [2.05, 4.69) is 13.2 Å². The van der Waals surface area contributed by atoms with E-state index < -0.39 is 24.5 Å². The molecular weight excluding hydrogens is 312 g/mol. The molecule has 2 aliphatic carbocycles. The summed E-state index contributed by atoms with van der Waals surface area (Å²) < 4.78 is 22.0. The van der Waals surface area contributed by atoms with E-state index in [0.717, 1.165) is 37.8 Å². The zero-order valence-electron chi connectivity index (χ0n) is 13.6. The Morgan fingerprint density at radius 1 is 1.00 bits per heavy atom. The Labute approximate surface area is 141 Å². The van der Waals surface area contributed by atoms with Gasteiger partial charge in [-0.3, -0.25) is 0 Å². The molecule has 0 aromatic carbocycles. The molecule has 2 aliphatic rings. The highest BCUT2D eigenvalue weighted by molar-refractivity contribution is 5.82. The van der Waals surface area contributed by atoms with Gasteiger partial charge < -0.3 is 18.9 Å². The topological polar surface area (TPSA) is 71.1 Å². The van der Waals surface area contributed by atoms with Crippen molar-refractivity contribution in [2.75, 3.05) is 6.61 Å². The Bertz CT molecular complexity index is 546. The molecule has 0 aliphatic heterocycles. The highest BCUT2D eigenvalue weighted by atomic mass is 16.9. The van der Waals surface area contributed by atoms with Crippen LogP contribution in [0.15, 0.2) is 49.0 Å². The maximum Gasteiger partial charge on any atom is 0.455 e. The molecule has 6 nitrogen and oxygen atoms in total. The third kappa shape index (κ3) is 5.01. The Kier molecular flexibility index (Phi) is 6.23. The van der Waals surface area contributed by atoms with Gasteiger partial charge in [-0.25, -0.2) is 9.59 Å². The first-order valence-corrected chi connectivity index (χ1v) is 7.97. The molecule has 0 amide bonds. The van der Waals surface area contributed by atoms with Crippen LogP contribution in [-0.4, -0.2) is 24.5 Å². The van der Waals surface area contributed by atoms with Gasteiger partial charge in [0.1, 0.15) is 11.5 Å². The summed E-state index contributed by atoms with van der Waals surface area (Å²) in [5.41, 5.74) is 0. The molecule has 0 aromatic rings. The van der Waals surface area contributed by atoms with Gasteiger partial charge in [0.05, 0.1) is 0 Å². The van der Waals surface area contributed by atoms with Crippen molar-refractivity contribution in [2.24, 2.45) is 0 Å². The number of hydrogen-bond donors (Lipinski definition) is 0. The molecule has 0 fully saturated rings. The molecule has 0 unspecified atom stereocenters. The average molecular weight is 334 g/mol. The molecule has 0 atom stereocenters. The minimum absolute atomic E-state index is 0.411. The number of allylic oxidation sites excluding steroid dienone is 4. The summed E-state index contributed by atoms with van der Waals surface area (Å²) >= 11 is 0. The zero-order chi connectivity index (χ0) is 17.4. The highest BCUT2D eigenvalue weighted by Gasteiger charge is 2.43. The van der Waals surface area contributed by atoms with Crippen LogP contribution in [0.4, 0.5) is 0 Å². The van der Waals surface area contributed by atoms with Crippen LogP contribution in [0.5, 0.6) is 0 Å². The summed E-state index contributed by atoms with van der Waals surface area (Å²) in [6, 6.07) is 0. The van der Waals surface area contributed by atoms with Gasteiger partial charge in [0.15, 0.2) is 0 Å². The second-order valence-electron chi connectivity index (χ2n) is 5.45. The Morgan fingerprint density at radius 2 is 1.54 bits per heavy atom. The van der Waals surface area contributed by atoms with Crippen LogP contribution in [0.3, 0.4) is 0 Å². The predicted molar refractivity (Wildman–Crippen MR) is 86.2 cm³/mol. The van der Waals surface area contributed by atoms with E-state index >= 15 is 0 Å². The van der Waals surface area contributed by atoms with Crippen LogP contribution in [0.1, 0.15) is 38.5 Å². The van der Waals surface area contributed by atoms with Crippen molar-refractivity contribution in [3.8, 4) is 0 Å². The van der Waals surface area contributed by atoms with Crippen LogP contribution >= 0.6 is 0 Å². The number of carbonyl (C=O) groups excluding carboxylic acids is 2. The fraction of sp³-hybridized carbons (Fsp3) is 0.444. The van der Waals surface area contributed by atoms with Crippen molar-refractivity contribution >= 4 is 11.9 Å². The lowest BCUT2D eigenvalue weighted by atomic mass is 10.3. The number of carbonyl (C=O) groups is 2. The van der Waals surface area contributed by atoms with Crippen molar-refractivity contribution < 1.29 is 28.5 Å². The fourth-order valence-electron chi connectivity index (χ4n) is 2.43. The van der Waals surface area contributed by atoms with E-state index in [1.165, 1.54) is 0 Å². The number of esters is 2. The smallest absolute Gasteiger partial charge is 0.450 e. The Hall–Kier alpha value is -2.50. The largest absolute Gasteiger partial charge is 0.455 e. The molecule has 130 valence electrons. The first-order valence-electron chi connectivity index (χ1n) is 7.97. The second kappa shape index (κ2) is 8.38. The standard InChI is InChI=1S/C18H22O6/c1-3-16(19)21-13-18(24-17(20)4-2,22-14-9-5-6-10-14)23-15-11-7-8-12-15/h3-4,9,11H,1-2,5-8,10,12-13H2. The van der Waals surface area contributed by atoms with Gasteiger partial charge in [-0.1, -0.05) is 13.2 Å². The molecule has 24 heavy (non-hydrogen) atoms. The lowest BCUT2D eigenvalue weighted by Gasteiger charge is -2.33. The lowest BCUT2D eigenvalue weighted by Crippen LogP contribution is -2.45. The van der Waals surface area contributed by atoms with Crippen LogP contribution in [0.2, 0.25) is 0 Å². The van der Waals surface area contributed by atoms with E-state index in [9.17, 15) is 9.59 Å². The van der Waals surface area contributed by atoms with Gasteiger partial charge in [0.2, 0.25) is 6.61 Å². The van der Waals surface area contributed by atoms with E-state index in [1.54, 1.807) is 0 Å². The molecule has 2 rings (SSSR count). The molecule has 0 bridgehead atoms. The summed E-state index contributed by atoms with van der Waals surface area (Å²) in [7, 11) is 0.